The van der Waals surface area contributed by atoms with E-state index in [-0.39, 0.29) is 11.2 Å². The van der Waals surface area contributed by atoms with Crippen LogP contribution in [-0.2, 0) is 4.74 Å². The maximum atomic E-state index is 6.30. The Labute approximate surface area is 127 Å². The second kappa shape index (κ2) is 5.78. The van der Waals surface area contributed by atoms with Crippen LogP contribution in [0.5, 0.6) is 0 Å². The van der Waals surface area contributed by atoms with E-state index in [9.17, 15) is 0 Å². The smallest absolute Gasteiger partial charge is 0.0678 e. The summed E-state index contributed by atoms with van der Waals surface area (Å²) in [5.41, 5.74) is -0.0153. The van der Waals surface area contributed by atoms with E-state index in [0.717, 1.165) is 11.7 Å². The van der Waals surface area contributed by atoms with Crippen LogP contribution in [0.2, 0.25) is 0 Å². The topological polar surface area (TPSA) is 21.3 Å². The summed E-state index contributed by atoms with van der Waals surface area (Å²) in [6.07, 6.45) is 1.15. The van der Waals surface area contributed by atoms with Gasteiger partial charge >= 0.3 is 0 Å². The zero-order chi connectivity index (χ0) is 14.3. The molecule has 0 radical (unpaired) electrons. The lowest BCUT2D eigenvalue weighted by molar-refractivity contribution is -0.0775. The molecule has 0 aromatic heterocycles. The Morgan fingerprint density at radius 3 is 2.26 bits per heavy atom. The molecule has 4 unspecified atom stereocenters. The monoisotopic (exact) mass is 303 g/mol. The molecule has 4 heteroatoms. The van der Waals surface area contributed by atoms with E-state index >= 15 is 0 Å². The van der Waals surface area contributed by atoms with Crippen LogP contribution < -0.4 is 5.32 Å². The van der Waals surface area contributed by atoms with Crippen molar-refractivity contribution in [1.29, 1.82) is 0 Å². The third kappa shape index (κ3) is 3.45. The van der Waals surface area contributed by atoms with Gasteiger partial charge in [0.05, 0.1) is 11.2 Å². The van der Waals surface area contributed by atoms with E-state index in [0.29, 0.717) is 17.2 Å². The van der Waals surface area contributed by atoms with E-state index in [2.05, 4.69) is 70.5 Å². The largest absolute Gasteiger partial charge is 0.369 e. The molecule has 112 valence electrons. The number of nitrogens with one attached hydrogen (secondary N) is 1. The van der Waals surface area contributed by atoms with Crippen molar-refractivity contribution in [3.8, 4) is 0 Å². The van der Waals surface area contributed by atoms with Gasteiger partial charge < -0.3 is 10.1 Å². The Balaban J connectivity index is 2.17. The van der Waals surface area contributed by atoms with Crippen LogP contribution in [0, 0.1) is 5.92 Å². The highest BCUT2D eigenvalue weighted by Gasteiger charge is 2.51. The summed E-state index contributed by atoms with van der Waals surface area (Å²) < 4.78 is 6.30. The van der Waals surface area contributed by atoms with Crippen molar-refractivity contribution in [1.82, 2.24) is 5.32 Å². The molecule has 4 atom stereocenters. The van der Waals surface area contributed by atoms with Crippen LogP contribution in [-0.4, -0.2) is 46.3 Å². The van der Waals surface area contributed by atoms with Crippen LogP contribution >= 0.6 is 23.5 Å². The Morgan fingerprint density at radius 2 is 1.79 bits per heavy atom. The molecule has 0 bridgehead atoms. The molecule has 2 aliphatic rings. The minimum absolute atomic E-state index is 0.0129. The molecule has 2 rings (SSSR count). The van der Waals surface area contributed by atoms with Gasteiger partial charge in [-0.1, -0.05) is 6.92 Å². The highest BCUT2D eigenvalue weighted by Crippen LogP contribution is 2.47. The normalized spacial score (nSPS) is 39.2. The SMILES string of the molecule is CNC(C1SCCSC1C)C1CC(C)(C)OC1(C)C. The average Bonchev–Trinajstić information content (AvgIpc) is 2.51. The summed E-state index contributed by atoms with van der Waals surface area (Å²) in [6.45, 7) is 11.4. The van der Waals surface area contributed by atoms with Gasteiger partial charge in [0.2, 0.25) is 0 Å². The number of ether oxygens (including phenoxy) is 1. The van der Waals surface area contributed by atoms with Crippen LogP contribution in [0.15, 0.2) is 0 Å². The molecule has 0 aromatic rings. The van der Waals surface area contributed by atoms with Gasteiger partial charge in [-0.15, -0.1) is 0 Å². The summed E-state index contributed by atoms with van der Waals surface area (Å²) in [4.78, 5) is 0. The maximum Gasteiger partial charge on any atom is 0.0678 e. The molecule has 2 nitrogen and oxygen atoms in total. The first kappa shape index (κ1) is 16.0. The van der Waals surface area contributed by atoms with Gasteiger partial charge in [0.25, 0.3) is 0 Å². The Bertz CT molecular complexity index is 319. The summed E-state index contributed by atoms with van der Waals surface area (Å²) in [7, 11) is 2.12. The quantitative estimate of drug-likeness (QED) is 0.862. The third-order valence-electron chi connectivity index (χ3n) is 4.50. The molecule has 2 heterocycles. The summed E-state index contributed by atoms with van der Waals surface area (Å²) in [5.74, 6) is 3.18. The second-order valence-electron chi connectivity index (χ2n) is 7.00. The van der Waals surface area contributed by atoms with E-state index in [1.165, 1.54) is 11.5 Å². The molecule has 2 fully saturated rings. The minimum atomic E-state index is -0.0282. The fourth-order valence-corrected chi connectivity index (χ4v) is 6.85. The number of hydrogen-bond acceptors (Lipinski definition) is 4. The Morgan fingerprint density at radius 1 is 1.16 bits per heavy atom. The van der Waals surface area contributed by atoms with Crippen molar-refractivity contribution < 1.29 is 4.74 Å². The number of thioether (sulfide) groups is 2. The summed E-state index contributed by atoms with van der Waals surface area (Å²) in [5, 5.41) is 5.06. The van der Waals surface area contributed by atoms with Crippen molar-refractivity contribution >= 4 is 23.5 Å². The minimum Gasteiger partial charge on any atom is -0.369 e. The van der Waals surface area contributed by atoms with Crippen molar-refractivity contribution in [2.75, 3.05) is 18.6 Å². The highest BCUT2D eigenvalue weighted by atomic mass is 32.2. The molecule has 19 heavy (non-hydrogen) atoms. The molecule has 2 saturated heterocycles. The van der Waals surface area contributed by atoms with E-state index in [1.54, 1.807) is 0 Å². The van der Waals surface area contributed by atoms with Gasteiger partial charge in [-0.25, -0.2) is 0 Å². The number of hydrogen-bond donors (Lipinski definition) is 1. The molecule has 0 saturated carbocycles. The van der Waals surface area contributed by atoms with Crippen LogP contribution in [0.3, 0.4) is 0 Å². The molecule has 2 aliphatic heterocycles. The van der Waals surface area contributed by atoms with Crippen LogP contribution in [0.4, 0.5) is 0 Å². The van der Waals surface area contributed by atoms with Crippen LogP contribution in [0.1, 0.15) is 41.0 Å². The molecule has 0 aromatic carbocycles. The lowest BCUT2D eigenvalue weighted by Gasteiger charge is -2.41. The molecule has 1 N–H and O–H groups in total. The summed E-state index contributed by atoms with van der Waals surface area (Å²) in [6, 6.07) is 0.546. The van der Waals surface area contributed by atoms with Gasteiger partial charge in [0.15, 0.2) is 0 Å². The predicted octanol–water partition coefficient (Wildman–Crippen LogP) is 3.41. The molecule has 0 spiro atoms. The standard InChI is InChI=1S/C15H29NOS2/c1-10-13(19-8-7-18-10)12(16-6)11-9-14(2,3)17-15(11,4)5/h10-13,16H,7-9H2,1-6H3. The lowest BCUT2D eigenvalue weighted by Crippen LogP contribution is -2.52. The van der Waals surface area contributed by atoms with Gasteiger partial charge in [-0.2, -0.15) is 23.5 Å². The average molecular weight is 304 g/mol. The van der Waals surface area contributed by atoms with E-state index in [1.807, 2.05) is 0 Å². The first-order valence-electron chi connectivity index (χ1n) is 7.37. The van der Waals surface area contributed by atoms with Crippen molar-refractivity contribution in [2.45, 2.75) is 68.8 Å². The molecular formula is C15H29NOS2. The number of rotatable bonds is 3. The predicted molar refractivity (Wildman–Crippen MR) is 88.4 cm³/mol. The van der Waals surface area contributed by atoms with Crippen LogP contribution in [0.25, 0.3) is 0 Å². The maximum absolute atomic E-state index is 6.30. The van der Waals surface area contributed by atoms with Gasteiger partial charge in [-0.05, 0) is 41.2 Å². The molecule has 0 amide bonds. The Hall–Kier alpha value is 0.620. The second-order valence-corrected chi connectivity index (χ2v) is 9.77. The first-order chi connectivity index (χ1) is 8.77. The fraction of sp³-hybridized carbons (Fsp3) is 1.00. The summed E-state index contributed by atoms with van der Waals surface area (Å²) >= 11 is 4.28. The van der Waals surface area contributed by atoms with Gasteiger partial charge in [0.1, 0.15) is 0 Å². The fourth-order valence-electron chi connectivity index (χ4n) is 3.80. The highest BCUT2D eigenvalue weighted by molar-refractivity contribution is 8.07. The van der Waals surface area contributed by atoms with Crippen molar-refractivity contribution in [3.05, 3.63) is 0 Å². The van der Waals surface area contributed by atoms with Crippen molar-refractivity contribution in [2.24, 2.45) is 5.92 Å². The Kier molecular flexibility index (Phi) is 4.87. The zero-order valence-electron chi connectivity index (χ0n) is 13.2. The molecule has 0 aliphatic carbocycles. The lowest BCUT2D eigenvalue weighted by atomic mass is 9.80. The third-order valence-corrected chi connectivity index (χ3v) is 7.72. The molecular weight excluding hydrogens is 274 g/mol. The zero-order valence-corrected chi connectivity index (χ0v) is 14.8. The van der Waals surface area contributed by atoms with Crippen molar-refractivity contribution in [3.63, 3.8) is 0 Å². The van der Waals surface area contributed by atoms with E-state index in [4.69, 9.17) is 4.74 Å². The van der Waals surface area contributed by atoms with E-state index < -0.39 is 0 Å². The van der Waals surface area contributed by atoms with Gasteiger partial charge in [-0.3, -0.25) is 0 Å². The van der Waals surface area contributed by atoms with Gasteiger partial charge in [0, 0.05) is 34.0 Å². The first-order valence-corrected chi connectivity index (χ1v) is 9.47.